The molecule has 1 saturated heterocycles. The summed E-state index contributed by atoms with van der Waals surface area (Å²) >= 11 is 1.98. The van der Waals surface area contributed by atoms with E-state index < -0.39 is 0 Å². The van der Waals surface area contributed by atoms with Crippen LogP contribution in [0.4, 0.5) is 11.9 Å². The molecule has 0 amide bonds. The molecule has 1 aliphatic rings. The van der Waals surface area contributed by atoms with Crippen LogP contribution in [0.1, 0.15) is 19.8 Å². The lowest BCUT2D eigenvalue weighted by Gasteiger charge is -2.22. The van der Waals surface area contributed by atoms with Crippen LogP contribution in [0.3, 0.4) is 0 Å². The third-order valence-electron chi connectivity index (χ3n) is 2.46. The number of nitrogens with two attached hydrogens (primary N) is 1. The van der Waals surface area contributed by atoms with Crippen molar-refractivity contribution in [3.63, 3.8) is 0 Å². The van der Waals surface area contributed by atoms with E-state index >= 15 is 0 Å². The van der Waals surface area contributed by atoms with Gasteiger partial charge in [0.15, 0.2) is 0 Å². The van der Waals surface area contributed by atoms with Crippen LogP contribution in [0, 0.1) is 0 Å². The number of nitrogen functional groups attached to an aromatic ring is 1. The van der Waals surface area contributed by atoms with Crippen LogP contribution >= 0.6 is 11.8 Å². The summed E-state index contributed by atoms with van der Waals surface area (Å²) in [6.45, 7) is 2.40. The van der Waals surface area contributed by atoms with E-state index in [9.17, 15) is 0 Å². The molecule has 1 aromatic rings. The molecule has 0 bridgehead atoms. The van der Waals surface area contributed by atoms with E-state index in [1.165, 1.54) is 11.5 Å². The average molecular weight is 255 g/mol. The van der Waals surface area contributed by atoms with Crippen molar-refractivity contribution in [2.45, 2.75) is 25.8 Å². The van der Waals surface area contributed by atoms with E-state index in [1.54, 1.807) is 0 Å². The number of aromatic nitrogens is 3. The van der Waals surface area contributed by atoms with Crippen LogP contribution in [-0.2, 0) is 0 Å². The SMILES string of the molecule is CCOc1nc(N)nc(NC2CCSCC2)n1. The van der Waals surface area contributed by atoms with Crippen molar-refractivity contribution in [3.8, 4) is 6.01 Å². The number of rotatable bonds is 4. The maximum absolute atomic E-state index is 5.61. The second-order valence-corrected chi connectivity index (χ2v) is 4.99. The van der Waals surface area contributed by atoms with Crippen molar-refractivity contribution >= 4 is 23.7 Å². The standard InChI is InChI=1S/C10H17N5OS/c1-2-16-10-14-8(11)13-9(15-10)12-7-3-5-17-6-4-7/h7H,2-6H2,1H3,(H3,11,12,13,14,15). The highest BCUT2D eigenvalue weighted by Gasteiger charge is 2.15. The fraction of sp³-hybridized carbons (Fsp3) is 0.700. The predicted octanol–water partition coefficient (Wildman–Crippen LogP) is 1.16. The number of ether oxygens (including phenoxy) is 1. The summed E-state index contributed by atoms with van der Waals surface area (Å²) in [7, 11) is 0. The van der Waals surface area contributed by atoms with Gasteiger partial charge in [0, 0.05) is 6.04 Å². The van der Waals surface area contributed by atoms with Crippen LogP contribution in [0.5, 0.6) is 6.01 Å². The first-order valence-corrected chi connectivity index (χ1v) is 6.92. The molecule has 6 nitrogen and oxygen atoms in total. The van der Waals surface area contributed by atoms with Gasteiger partial charge in [0.05, 0.1) is 6.61 Å². The zero-order valence-electron chi connectivity index (χ0n) is 9.85. The number of nitrogens with zero attached hydrogens (tertiary/aromatic N) is 3. The summed E-state index contributed by atoms with van der Waals surface area (Å²) in [5.41, 5.74) is 5.61. The maximum Gasteiger partial charge on any atom is 0.323 e. The van der Waals surface area contributed by atoms with Gasteiger partial charge >= 0.3 is 6.01 Å². The van der Waals surface area contributed by atoms with Crippen molar-refractivity contribution < 1.29 is 4.74 Å². The Balaban J connectivity index is 2.03. The maximum atomic E-state index is 5.61. The van der Waals surface area contributed by atoms with Gasteiger partial charge in [0.1, 0.15) is 0 Å². The Bertz CT molecular complexity index is 370. The molecule has 0 saturated carbocycles. The number of anilines is 2. The van der Waals surface area contributed by atoms with Gasteiger partial charge in [-0.15, -0.1) is 0 Å². The number of hydrogen-bond acceptors (Lipinski definition) is 7. The number of thioether (sulfide) groups is 1. The van der Waals surface area contributed by atoms with Crippen molar-refractivity contribution in [3.05, 3.63) is 0 Å². The molecule has 0 spiro atoms. The number of hydrogen-bond donors (Lipinski definition) is 2. The molecular weight excluding hydrogens is 238 g/mol. The van der Waals surface area contributed by atoms with Crippen LogP contribution in [0.2, 0.25) is 0 Å². The summed E-state index contributed by atoms with van der Waals surface area (Å²) in [6, 6.07) is 0.709. The molecule has 1 fully saturated rings. The molecular formula is C10H17N5OS. The molecule has 1 aromatic heterocycles. The topological polar surface area (TPSA) is 86.0 Å². The van der Waals surface area contributed by atoms with E-state index in [2.05, 4.69) is 20.3 Å². The molecule has 2 heterocycles. The molecule has 1 aliphatic heterocycles. The largest absolute Gasteiger partial charge is 0.464 e. The molecule has 0 atom stereocenters. The van der Waals surface area contributed by atoms with Crippen molar-refractivity contribution in [1.29, 1.82) is 0 Å². The Kier molecular flexibility index (Phi) is 4.24. The van der Waals surface area contributed by atoms with Crippen molar-refractivity contribution in [2.24, 2.45) is 0 Å². The lowest BCUT2D eigenvalue weighted by Crippen LogP contribution is -2.26. The molecule has 7 heteroatoms. The third kappa shape index (κ3) is 3.62. The second-order valence-electron chi connectivity index (χ2n) is 3.76. The summed E-state index contributed by atoms with van der Waals surface area (Å²) in [6.07, 6.45) is 2.25. The summed E-state index contributed by atoms with van der Waals surface area (Å²) in [5.74, 6) is 3.06. The van der Waals surface area contributed by atoms with Crippen LogP contribution < -0.4 is 15.8 Å². The Morgan fingerprint density at radius 3 is 2.82 bits per heavy atom. The monoisotopic (exact) mass is 255 g/mol. The van der Waals surface area contributed by atoms with Crippen molar-refractivity contribution in [1.82, 2.24) is 15.0 Å². The highest BCUT2D eigenvalue weighted by atomic mass is 32.2. The first kappa shape index (κ1) is 12.2. The first-order chi connectivity index (χ1) is 8.28. The van der Waals surface area contributed by atoms with E-state index in [-0.39, 0.29) is 12.0 Å². The highest BCUT2D eigenvalue weighted by molar-refractivity contribution is 7.99. The average Bonchev–Trinajstić information content (AvgIpc) is 2.30. The molecule has 0 radical (unpaired) electrons. The summed E-state index contributed by atoms with van der Waals surface area (Å²) in [5, 5.41) is 3.28. The Morgan fingerprint density at radius 1 is 1.35 bits per heavy atom. The van der Waals surface area contributed by atoms with Gasteiger partial charge in [-0.1, -0.05) is 0 Å². The number of nitrogens with one attached hydrogen (secondary N) is 1. The Hall–Kier alpha value is -1.24. The Labute approximate surface area is 105 Å². The van der Waals surface area contributed by atoms with Gasteiger partial charge in [-0.2, -0.15) is 26.7 Å². The third-order valence-corrected chi connectivity index (χ3v) is 3.51. The minimum Gasteiger partial charge on any atom is -0.464 e. The minimum atomic E-state index is 0.191. The molecule has 3 N–H and O–H groups in total. The molecule has 0 aromatic carbocycles. The Morgan fingerprint density at radius 2 is 2.12 bits per heavy atom. The molecule has 17 heavy (non-hydrogen) atoms. The van der Waals surface area contributed by atoms with E-state index in [1.807, 2.05) is 18.7 Å². The lowest BCUT2D eigenvalue weighted by atomic mass is 10.2. The zero-order valence-corrected chi connectivity index (χ0v) is 10.7. The van der Waals surface area contributed by atoms with E-state index in [4.69, 9.17) is 10.5 Å². The zero-order chi connectivity index (χ0) is 12.1. The summed E-state index contributed by atoms with van der Waals surface area (Å²) < 4.78 is 5.23. The normalized spacial score (nSPS) is 16.8. The van der Waals surface area contributed by atoms with Gasteiger partial charge in [0.2, 0.25) is 11.9 Å². The van der Waals surface area contributed by atoms with Gasteiger partial charge in [0.25, 0.3) is 0 Å². The van der Waals surface area contributed by atoms with Gasteiger partial charge in [-0.05, 0) is 31.3 Å². The fourth-order valence-electron chi connectivity index (χ4n) is 1.65. The molecule has 0 unspecified atom stereocenters. The minimum absolute atomic E-state index is 0.191. The quantitative estimate of drug-likeness (QED) is 0.834. The van der Waals surface area contributed by atoms with Crippen LogP contribution in [-0.4, -0.2) is 39.1 Å². The van der Waals surface area contributed by atoms with Crippen LogP contribution in [0.25, 0.3) is 0 Å². The van der Waals surface area contributed by atoms with E-state index in [0.29, 0.717) is 18.6 Å². The van der Waals surface area contributed by atoms with Gasteiger partial charge in [-0.3, -0.25) is 0 Å². The predicted molar refractivity (Wildman–Crippen MR) is 69.4 cm³/mol. The first-order valence-electron chi connectivity index (χ1n) is 5.76. The second kappa shape index (κ2) is 5.90. The van der Waals surface area contributed by atoms with E-state index in [0.717, 1.165) is 12.8 Å². The summed E-state index contributed by atoms with van der Waals surface area (Å²) in [4.78, 5) is 12.1. The van der Waals surface area contributed by atoms with Gasteiger partial charge in [-0.25, -0.2) is 0 Å². The molecule has 94 valence electrons. The van der Waals surface area contributed by atoms with Crippen LogP contribution in [0.15, 0.2) is 0 Å². The molecule has 2 rings (SSSR count). The molecule has 0 aliphatic carbocycles. The smallest absolute Gasteiger partial charge is 0.323 e. The fourth-order valence-corrected chi connectivity index (χ4v) is 2.76. The highest BCUT2D eigenvalue weighted by Crippen LogP contribution is 2.20. The van der Waals surface area contributed by atoms with Crippen molar-refractivity contribution in [2.75, 3.05) is 29.2 Å². The van der Waals surface area contributed by atoms with Gasteiger partial charge < -0.3 is 15.8 Å². The lowest BCUT2D eigenvalue weighted by molar-refractivity contribution is 0.312.